The van der Waals surface area contributed by atoms with Gasteiger partial charge in [-0.1, -0.05) is 48.0 Å². The molecule has 0 saturated heterocycles. The van der Waals surface area contributed by atoms with Gasteiger partial charge in [0.15, 0.2) is 0 Å². The normalized spacial score (nSPS) is 10.9. The first-order chi connectivity index (χ1) is 12.6. The van der Waals surface area contributed by atoms with Crippen molar-refractivity contribution in [3.05, 3.63) is 82.2 Å². The number of benzene rings is 2. The van der Waals surface area contributed by atoms with Gasteiger partial charge in [-0.15, -0.1) is 0 Å². The molecule has 0 radical (unpaired) electrons. The second-order valence-electron chi connectivity index (χ2n) is 6.71. The second kappa shape index (κ2) is 8.19. The van der Waals surface area contributed by atoms with Crippen LogP contribution in [0.25, 0.3) is 0 Å². The quantitative estimate of drug-likeness (QED) is 0.696. The second-order valence-corrected chi connectivity index (χ2v) is 6.71. The number of ether oxygens (including phenoxy) is 1. The van der Waals surface area contributed by atoms with Crippen LogP contribution in [-0.2, 0) is 19.6 Å². The Labute approximate surface area is 155 Å². The Balaban J connectivity index is 1.67. The van der Waals surface area contributed by atoms with E-state index in [0.29, 0.717) is 0 Å². The zero-order chi connectivity index (χ0) is 18.5. The van der Waals surface area contributed by atoms with E-state index in [1.165, 1.54) is 22.4 Å². The maximum atomic E-state index is 5.42. The van der Waals surface area contributed by atoms with Crippen LogP contribution in [0, 0.1) is 20.8 Å². The molecule has 26 heavy (non-hydrogen) atoms. The van der Waals surface area contributed by atoms with Gasteiger partial charge in [0.1, 0.15) is 5.75 Å². The highest BCUT2D eigenvalue weighted by molar-refractivity contribution is 5.33. The minimum absolute atomic E-state index is 0.770. The van der Waals surface area contributed by atoms with Crippen molar-refractivity contribution in [2.45, 2.75) is 40.4 Å². The molecule has 0 aliphatic rings. The average Bonchev–Trinajstić information content (AvgIpc) is 2.91. The molecule has 0 spiro atoms. The van der Waals surface area contributed by atoms with Crippen LogP contribution in [0.5, 0.6) is 5.75 Å². The molecule has 0 unspecified atom stereocenters. The predicted octanol–water partition coefficient (Wildman–Crippen LogP) is 4.16. The molecule has 1 heterocycles. The highest BCUT2D eigenvalue weighted by atomic mass is 16.5. The number of nitrogens with zero attached hydrogens (tertiary/aromatic N) is 2. The minimum atomic E-state index is 0.770. The van der Waals surface area contributed by atoms with Crippen LogP contribution in [0.3, 0.4) is 0 Å². The molecule has 0 aliphatic carbocycles. The Morgan fingerprint density at radius 3 is 2.42 bits per heavy atom. The van der Waals surface area contributed by atoms with Gasteiger partial charge < -0.3 is 10.1 Å². The summed E-state index contributed by atoms with van der Waals surface area (Å²) in [5.41, 5.74) is 7.29. The summed E-state index contributed by atoms with van der Waals surface area (Å²) in [7, 11) is 1.71. The van der Waals surface area contributed by atoms with E-state index in [1.54, 1.807) is 7.11 Å². The van der Waals surface area contributed by atoms with Crippen LogP contribution in [0.2, 0.25) is 0 Å². The van der Waals surface area contributed by atoms with Gasteiger partial charge in [-0.25, -0.2) is 0 Å². The predicted molar refractivity (Wildman–Crippen MR) is 106 cm³/mol. The first-order valence-electron chi connectivity index (χ1n) is 8.99. The highest BCUT2D eigenvalue weighted by Crippen LogP contribution is 2.18. The lowest BCUT2D eigenvalue weighted by Crippen LogP contribution is -2.14. The Morgan fingerprint density at radius 2 is 1.69 bits per heavy atom. The standard InChI is InChI=1S/C22H27N3O/c1-16-9-11-19(12-10-16)15-25-18(3)21(17(2)24-25)14-23-13-20-7-5-6-8-22(20)26-4/h5-12,23H,13-15H2,1-4H3. The van der Waals surface area contributed by atoms with E-state index in [-0.39, 0.29) is 0 Å². The van der Waals surface area contributed by atoms with Crippen molar-refractivity contribution in [3.63, 3.8) is 0 Å². The summed E-state index contributed by atoms with van der Waals surface area (Å²) in [5.74, 6) is 0.920. The van der Waals surface area contributed by atoms with Crippen LogP contribution in [0.1, 0.15) is 33.6 Å². The average molecular weight is 349 g/mol. The number of nitrogens with one attached hydrogen (secondary N) is 1. The Kier molecular flexibility index (Phi) is 5.74. The fourth-order valence-electron chi connectivity index (χ4n) is 3.18. The number of rotatable bonds is 7. The third-order valence-electron chi connectivity index (χ3n) is 4.79. The van der Waals surface area contributed by atoms with Gasteiger partial charge in [-0.3, -0.25) is 4.68 Å². The summed E-state index contributed by atoms with van der Waals surface area (Å²) in [4.78, 5) is 0. The molecule has 3 rings (SSSR count). The van der Waals surface area contributed by atoms with E-state index in [9.17, 15) is 0 Å². The molecule has 0 amide bonds. The Morgan fingerprint density at radius 1 is 0.962 bits per heavy atom. The van der Waals surface area contributed by atoms with E-state index >= 15 is 0 Å². The smallest absolute Gasteiger partial charge is 0.123 e. The van der Waals surface area contributed by atoms with Gasteiger partial charge >= 0.3 is 0 Å². The molecule has 4 heteroatoms. The molecule has 3 aromatic rings. The maximum absolute atomic E-state index is 5.42. The molecule has 2 aromatic carbocycles. The van der Waals surface area contributed by atoms with Gasteiger partial charge in [-0.2, -0.15) is 5.10 Å². The van der Waals surface area contributed by atoms with Crippen LogP contribution in [0.15, 0.2) is 48.5 Å². The van der Waals surface area contributed by atoms with Gasteiger partial charge in [0.2, 0.25) is 0 Å². The van der Waals surface area contributed by atoms with Crippen molar-refractivity contribution in [2.75, 3.05) is 7.11 Å². The first kappa shape index (κ1) is 18.2. The van der Waals surface area contributed by atoms with Gasteiger partial charge in [-0.05, 0) is 32.4 Å². The number of para-hydroxylation sites is 1. The number of hydrogen-bond acceptors (Lipinski definition) is 3. The SMILES string of the molecule is COc1ccccc1CNCc1c(C)nn(Cc2ccc(C)cc2)c1C. The van der Waals surface area contributed by atoms with E-state index in [2.05, 4.69) is 61.1 Å². The number of methoxy groups -OCH3 is 1. The maximum Gasteiger partial charge on any atom is 0.123 e. The summed E-state index contributed by atoms with van der Waals surface area (Å²) in [5, 5.41) is 8.26. The summed E-state index contributed by atoms with van der Waals surface area (Å²) in [6.07, 6.45) is 0. The minimum Gasteiger partial charge on any atom is -0.496 e. The molecule has 0 atom stereocenters. The third kappa shape index (κ3) is 4.14. The number of aromatic nitrogens is 2. The topological polar surface area (TPSA) is 39.1 Å². The molecule has 1 N–H and O–H groups in total. The molecule has 0 bridgehead atoms. The lowest BCUT2D eigenvalue weighted by atomic mass is 10.1. The molecule has 4 nitrogen and oxygen atoms in total. The molecular weight excluding hydrogens is 322 g/mol. The zero-order valence-electron chi connectivity index (χ0n) is 16.0. The van der Waals surface area contributed by atoms with Crippen molar-refractivity contribution in [1.29, 1.82) is 0 Å². The van der Waals surface area contributed by atoms with Crippen molar-refractivity contribution in [3.8, 4) is 5.75 Å². The summed E-state index contributed by atoms with van der Waals surface area (Å²) in [6, 6.07) is 16.8. The molecular formula is C22H27N3O. The molecule has 0 aliphatic heterocycles. The number of aryl methyl sites for hydroxylation is 2. The Bertz CT molecular complexity index is 866. The third-order valence-corrected chi connectivity index (χ3v) is 4.79. The summed E-state index contributed by atoms with van der Waals surface area (Å²) >= 11 is 0. The van der Waals surface area contributed by atoms with E-state index < -0.39 is 0 Å². The van der Waals surface area contributed by atoms with Crippen molar-refractivity contribution >= 4 is 0 Å². The fourth-order valence-corrected chi connectivity index (χ4v) is 3.18. The molecule has 0 fully saturated rings. The molecule has 0 saturated carbocycles. The van der Waals surface area contributed by atoms with Gasteiger partial charge in [0, 0.05) is 29.9 Å². The lowest BCUT2D eigenvalue weighted by Gasteiger charge is -2.10. The summed E-state index contributed by atoms with van der Waals surface area (Å²) < 4.78 is 7.52. The highest BCUT2D eigenvalue weighted by Gasteiger charge is 2.12. The lowest BCUT2D eigenvalue weighted by molar-refractivity contribution is 0.407. The van der Waals surface area contributed by atoms with Crippen molar-refractivity contribution in [2.24, 2.45) is 0 Å². The fraction of sp³-hybridized carbons (Fsp3) is 0.318. The molecule has 136 valence electrons. The van der Waals surface area contributed by atoms with Crippen LogP contribution in [0.4, 0.5) is 0 Å². The zero-order valence-corrected chi connectivity index (χ0v) is 16.0. The summed E-state index contributed by atoms with van der Waals surface area (Å²) in [6.45, 7) is 8.71. The van der Waals surface area contributed by atoms with E-state index in [0.717, 1.165) is 36.6 Å². The largest absolute Gasteiger partial charge is 0.496 e. The van der Waals surface area contributed by atoms with Crippen LogP contribution < -0.4 is 10.1 Å². The first-order valence-corrected chi connectivity index (χ1v) is 8.99. The monoisotopic (exact) mass is 349 g/mol. The van der Waals surface area contributed by atoms with Crippen molar-refractivity contribution < 1.29 is 4.74 Å². The van der Waals surface area contributed by atoms with Crippen molar-refractivity contribution in [1.82, 2.24) is 15.1 Å². The van der Waals surface area contributed by atoms with E-state index in [4.69, 9.17) is 9.84 Å². The number of hydrogen-bond donors (Lipinski definition) is 1. The van der Waals surface area contributed by atoms with E-state index in [1.807, 2.05) is 18.2 Å². The molecule has 1 aromatic heterocycles. The van der Waals surface area contributed by atoms with Crippen LogP contribution in [-0.4, -0.2) is 16.9 Å². The van der Waals surface area contributed by atoms with Gasteiger partial charge in [0.05, 0.1) is 19.3 Å². The van der Waals surface area contributed by atoms with Gasteiger partial charge in [0.25, 0.3) is 0 Å². The Hall–Kier alpha value is -2.59. The van der Waals surface area contributed by atoms with Crippen LogP contribution >= 0.6 is 0 Å².